The number of hydrogen-bond acceptors (Lipinski definition) is 2. The molecule has 2 heteroatoms. The largest absolute Gasteiger partial charge is 0.316 e. The molecule has 1 heterocycles. The molecule has 1 rings (SSSR count). The summed E-state index contributed by atoms with van der Waals surface area (Å²) in [4.78, 5) is 0. The molecule has 0 aromatic rings. The quantitative estimate of drug-likeness (QED) is 0.681. The standard InChI is InChI=1S/C12H26N2/c1-5-12(3,4)9-14-6-10(2)11-7-13-8-11/h10-11,13-14H,5-9H2,1-4H3. The fourth-order valence-electron chi connectivity index (χ4n) is 1.64. The van der Waals surface area contributed by atoms with Gasteiger partial charge in [-0.2, -0.15) is 0 Å². The first kappa shape index (κ1) is 12.0. The van der Waals surface area contributed by atoms with Crippen LogP contribution in [0.2, 0.25) is 0 Å². The van der Waals surface area contributed by atoms with Gasteiger partial charge in [-0.25, -0.2) is 0 Å². The zero-order valence-electron chi connectivity index (χ0n) is 10.2. The van der Waals surface area contributed by atoms with Crippen molar-refractivity contribution in [2.75, 3.05) is 26.2 Å². The molecule has 1 aliphatic rings. The second-order valence-electron chi connectivity index (χ2n) is 5.54. The fourth-order valence-corrected chi connectivity index (χ4v) is 1.64. The summed E-state index contributed by atoms with van der Waals surface area (Å²) in [7, 11) is 0. The van der Waals surface area contributed by atoms with E-state index in [4.69, 9.17) is 0 Å². The Morgan fingerprint density at radius 1 is 1.43 bits per heavy atom. The van der Waals surface area contributed by atoms with Crippen LogP contribution in [0, 0.1) is 17.3 Å². The van der Waals surface area contributed by atoms with Crippen molar-refractivity contribution in [2.24, 2.45) is 17.3 Å². The molecule has 1 aliphatic heterocycles. The second kappa shape index (κ2) is 5.13. The van der Waals surface area contributed by atoms with Crippen molar-refractivity contribution in [1.29, 1.82) is 0 Å². The van der Waals surface area contributed by atoms with Crippen LogP contribution < -0.4 is 10.6 Å². The Labute approximate surface area is 88.8 Å². The Morgan fingerprint density at radius 2 is 2.07 bits per heavy atom. The van der Waals surface area contributed by atoms with Gasteiger partial charge in [-0.15, -0.1) is 0 Å². The summed E-state index contributed by atoms with van der Waals surface area (Å²) in [6.07, 6.45) is 1.25. The van der Waals surface area contributed by atoms with Gasteiger partial charge in [0.05, 0.1) is 0 Å². The van der Waals surface area contributed by atoms with Crippen molar-refractivity contribution in [3.63, 3.8) is 0 Å². The summed E-state index contributed by atoms with van der Waals surface area (Å²) >= 11 is 0. The van der Waals surface area contributed by atoms with E-state index >= 15 is 0 Å². The molecule has 0 radical (unpaired) electrons. The molecule has 2 nitrogen and oxygen atoms in total. The van der Waals surface area contributed by atoms with Crippen LogP contribution >= 0.6 is 0 Å². The molecule has 0 spiro atoms. The third-order valence-electron chi connectivity index (χ3n) is 3.64. The monoisotopic (exact) mass is 198 g/mol. The lowest BCUT2D eigenvalue weighted by atomic mass is 9.87. The molecule has 1 unspecified atom stereocenters. The molecule has 1 saturated heterocycles. The Hall–Kier alpha value is -0.0800. The predicted molar refractivity (Wildman–Crippen MR) is 62.5 cm³/mol. The summed E-state index contributed by atoms with van der Waals surface area (Å²) in [5.74, 6) is 1.73. The van der Waals surface area contributed by atoms with Crippen LogP contribution in [-0.4, -0.2) is 26.2 Å². The third kappa shape index (κ3) is 3.58. The lowest BCUT2D eigenvalue weighted by Gasteiger charge is -2.33. The van der Waals surface area contributed by atoms with Crippen LogP contribution in [0.15, 0.2) is 0 Å². The van der Waals surface area contributed by atoms with Gasteiger partial charge in [-0.1, -0.05) is 27.7 Å². The Morgan fingerprint density at radius 3 is 2.50 bits per heavy atom. The van der Waals surface area contributed by atoms with Crippen LogP contribution in [0.5, 0.6) is 0 Å². The Balaban J connectivity index is 2.08. The van der Waals surface area contributed by atoms with Crippen LogP contribution in [0.4, 0.5) is 0 Å². The van der Waals surface area contributed by atoms with Gasteiger partial charge in [-0.05, 0) is 43.3 Å². The summed E-state index contributed by atoms with van der Waals surface area (Å²) in [6, 6.07) is 0. The Bertz CT molecular complexity index is 162. The molecule has 0 aromatic carbocycles. The molecule has 0 aromatic heterocycles. The number of nitrogens with one attached hydrogen (secondary N) is 2. The molecule has 1 atom stereocenters. The maximum Gasteiger partial charge on any atom is 0.000253 e. The highest BCUT2D eigenvalue weighted by atomic mass is 15.0. The highest BCUT2D eigenvalue weighted by Gasteiger charge is 2.23. The van der Waals surface area contributed by atoms with E-state index in [-0.39, 0.29) is 0 Å². The topological polar surface area (TPSA) is 24.1 Å². The third-order valence-corrected chi connectivity index (χ3v) is 3.64. The zero-order chi connectivity index (χ0) is 10.6. The molecular formula is C12H26N2. The van der Waals surface area contributed by atoms with Crippen molar-refractivity contribution >= 4 is 0 Å². The fraction of sp³-hybridized carbons (Fsp3) is 1.00. The van der Waals surface area contributed by atoms with E-state index in [1.54, 1.807) is 0 Å². The molecule has 0 amide bonds. The number of hydrogen-bond donors (Lipinski definition) is 2. The second-order valence-corrected chi connectivity index (χ2v) is 5.54. The first-order valence-electron chi connectivity index (χ1n) is 5.96. The average molecular weight is 198 g/mol. The van der Waals surface area contributed by atoms with Crippen LogP contribution in [0.3, 0.4) is 0 Å². The first-order valence-corrected chi connectivity index (χ1v) is 5.96. The normalized spacial score (nSPS) is 20.6. The molecule has 14 heavy (non-hydrogen) atoms. The van der Waals surface area contributed by atoms with Gasteiger partial charge in [0.15, 0.2) is 0 Å². The summed E-state index contributed by atoms with van der Waals surface area (Å²) in [6.45, 7) is 14.0. The minimum absolute atomic E-state index is 0.456. The van der Waals surface area contributed by atoms with E-state index in [0.29, 0.717) is 5.41 Å². The smallest absolute Gasteiger partial charge is 0.000253 e. The van der Waals surface area contributed by atoms with Crippen molar-refractivity contribution < 1.29 is 0 Å². The van der Waals surface area contributed by atoms with E-state index in [2.05, 4.69) is 38.3 Å². The zero-order valence-corrected chi connectivity index (χ0v) is 10.2. The summed E-state index contributed by atoms with van der Waals surface area (Å²) in [5, 5.41) is 6.93. The minimum Gasteiger partial charge on any atom is -0.316 e. The van der Waals surface area contributed by atoms with E-state index in [9.17, 15) is 0 Å². The van der Waals surface area contributed by atoms with Crippen molar-refractivity contribution in [2.45, 2.75) is 34.1 Å². The van der Waals surface area contributed by atoms with Crippen molar-refractivity contribution in [1.82, 2.24) is 10.6 Å². The van der Waals surface area contributed by atoms with E-state index < -0.39 is 0 Å². The van der Waals surface area contributed by atoms with Crippen LogP contribution in [-0.2, 0) is 0 Å². The lowest BCUT2D eigenvalue weighted by molar-refractivity contribution is 0.231. The minimum atomic E-state index is 0.456. The van der Waals surface area contributed by atoms with Gasteiger partial charge in [0.2, 0.25) is 0 Å². The molecule has 84 valence electrons. The molecular weight excluding hydrogens is 172 g/mol. The predicted octanol–water partition coefficient (Wildman–Crippen LogP) is 1.87. The molecule has 0 bridgehead atoms. The van der Waals surface area contributed by atoms with Gasteiger partial charge in [0.25, 0.3) is 0 Å². The van der Waals surface area contributed by atoms with Gasteiger partial charge in [-0.3, -0.25) is 0 Å². The molecule has 2 N–H and O–H groups in total. The molecule has 0 saturated carbocycles. The van der Waals surface area contributed by atoms with Crippen LogP contribution in [0.25, 0.3) is 0 Å². The number of rotatable bonds is 6. The van der Waals surface area contributed by atoms with Gasteiger partial charge in [0.1, 0.15) is 0 Å². The molecule has 0 aliphatic carbocycles. The van der Waals surface area contributed by atoms with Crippen LogP contribution in [0.1, 0.15) is 34.1 Å². The van der Waals surface area contributed by atoms with E-state index in [0.717, 1.165) is 18.4 Å². The van der Waals surface area contributed by atoms with Crippen molar-refractivity contribution in [3.8, 4) is 0 Å². The lowest BCUT2D eigenvalue weighted by Crippen LogP contribution is -2.48. The average Bonchev–Trinajstić information content (AvgIpc) is 2.01. The van der Waals surface area contributed by atoms with E-state index in [1.807, 2.05) is 0 Å². The highest BCUT2D eigenvalue weighted by molar-refractivity contribution is 4.81. The highest BCUT2D eigenvalue weighted by Crippen LogP contribution is 2.19. The molecule has 1 fully saturated rings. The SMILES string of the molecule is CCC(C)(C)CNCC(C)C1CNC1. The van der Waals surface area contributed by atoms with Gasteiger partial charge < -0.3 is 10.6 Å². The van der Waals surface area contributed by atoms with Gasteiger partial charge in [0, 0.05) is 6.54 Å². The van der Waals surface area contributed by atoms with Crippen molar-refractivity contribution in [3.05, 3.63) is 0 Å². The Kier molecular flexibility index (Phi) is 4.39. The first-order chi connectivity index (χ1) is 6.55. The van der Waals surface area contributed by atoms with E-state index in [1.165, 1.54) is 26.1 Å². The summed E-state index contributed by atoms with van der Waals surface area (Å²) < 4.78 is 0. The summed E-state index contributed by atoms with van der Waals surface area (Å²) in [5.41, 5.74) is 0.456. The maximum atomic E-state index is 3.60. The van der Waals surface area contributed by atoms with Gasteiger partial charge >= 0.3 is 0 Å². The maximum absolute atomic E-state index is 3.60.